The molecular weight excluding hydrogens is 177 g/mol. The van der Waals surface area contributed by atoms with Gasteiger partial charge in [0.25, 0.3) is 0 Å². The molecule has 0 atom stereocenters. The fourth-order valence-corrected chi connectivity index (χ4v) is 1.81. The van der Waals surface area contributed by atoms with Gasteiger partial charge in [0.1, 0.15) is 5.82 Å². The maximum absolute atomic E-state index is 13.6. The number of anilines is 1. The van der Waals surface area contributed by atoms with Crippen LogP contribution in [-0.2, 0) is 0 Å². The molecule has 0 spiro atoms. The molecular formula is C12H15FN. The van der Waals surface area contributed by atoms with Crippen LogP contribution < -0.4 is 5.32 Å². The van der Waals surface area contributed by atoms with E-state index in [1.807, 2.05) is 19.9 Å². The summed E-state index contributed by atoms with van der Waals surface area (Å²) in [6.07, 6.45) is 3.19. The van der Waals surface area contributed by atoms with Gasteiger partial charge in [0, 0.05) is 12.2 Å². The van der Waals surface area contributed by atoms with Gasteiger partial charge in [-0.25, -0.2) is 4.39 Å². The molecule has 0 saturated heterocycles. The third-order valence-corrected chi connectivity index (χ3v) is 2.61. The zero-order valence-corrected chi connectivity index (χ0v) is 8.60. The summed E-state index contributed by atoms with van der Waals surface area (Å²) in [5.41, 5.74) is 2.88. The number of benzene rings is 1. The molecule has 1 aliphatic rings. The van der Waals surface area contributed by atoms with Gasteiger partial charge in [0.05, 0.1) is 0 Å². The van der Waals surface area contributed by atoms with Crippen LogP contribution in [0.2, 0.25) is 0 Å². The lowest BCUT2D eigenvalue weighted by Crippen LogP contribution is -2.11. The Morgan fingerprint density at radius 2 is 2.14 bits per heavy atom. The molecule has 0 aromatic heterocycles. The van der Waals surface area contributed by atoms with E-state index in [0.717, 1.165) is 29.8 Å². The molecule has 1 heterocycles. The molecule has 0 bridgehead atoms. The first-order valence-corrected chi connectivity index (χ1v) is 5.09. The number of rotatable bonds is 1. The van der Waals surface area contributed by atoms with Gasteiger partial charge in [0.2, 0.25) is 0 Å². The van der Waals surface area contributed by atoms with E-state index in [0.29, 0.717) is 0 Å². The van der Waals surface area contributed by atoms with E-state index in [1.165, 1.54) is 0 Å². The van der Waals surface area contributed by atoms with Crippen molar-refractivity contribution in [1.29, 1.82) is 0 Å². The molecule has 2 heteroatoms. The van der Waals surface area contributed by atoms with Gasteiger partial charge in [-0.15, -0.1) is 0 Å². The zero-order valence-electron chi connectivity index (χ0n) is 8.60. The van der Waals surface area contributed by atoms with Crippen molar-refractivity contribution in [2.75, 3.05) is 11.9 Å². The van der Waals surface area contributed by atoms with Crippen LogP contribution in [-0.4, -0.2) is 6.54 Å². The van der Waals surface area contributed by atoms with Gasteiger partial charge in [-0.3, -0.25) is 0 Å². The fraction of sp³-hybridized carbons (Fsp3) is 0.417. The number of halogens is 1. The van der Waals surface area contributed by atoms with E-state index in [-0.39, 0.29) is 11.7 Å². The van der Waals surface area contributed by atoms with Crippen molar-refractivity contribution in [2.45, 2.75) is 26.2 Å². The molecule has 14 heavy (non-hydrogen) atoms. The normalized spacial score (nSPS) is 15.1. The second-order valence-electron chi connectivity index (χ2n) is 4.04. The predicted octanol–water partition coefficient (Wildman–Crippen LogP) is 3.32. The second-order valence-corrected chi connectivity index (χ2v) is 4.04. The molecule has 0 aliphatic carbocycles. The average molecular weight is 192 g/mol. The quantitative estimate of drug-likeness (QED) is 0.719. The second kappa shape index (κ2) is 3.60. The Kier molecular flexibility index (Phi) is 2.44. The molecule has 1 N–H and O–H groups in total. The van der Waals surface area contributed by atoms with Crippen LogP contribution in [0.3, 0.4) is 0 Å². The van der Waals surface area contributed by atoms with Crippen molar-refractivity contribution in [3.63, 3.8) is 0 Å². The Morgan fingerprint density at radius 1 is 1.36 bits per heavy atom. The predicted molar refractivity (Wildman–Crippen MR) is 57.0 cm³/mol. The fourth-order valence-electron chi connectivity index (χ4n) is 1.81. The molecule has 2 rings (SSSR count). The van der Waals surface area contributed by atoms with Gasteiger partial charge in [0.15, 0.2) is 0 Å². The number of hydrogen-bond donors (Lipinski definition) is 1. The Morgan fingerprint density at radius 3 is 2.86 bits per heavy atom. The summed E-state index contributed by atoms with van der Waals surface area (Å²) >= 11 is 0. The lowest BCUT2D eigenvalue weighted by molar-refractivity contribution is 0.597. The van der Waals surface area contributed by atoms with Crippen LogP contribution in [0.15, 0.2) is 12.1 Å². The zero-order chi connectivity index (χ0) is 10.1. The minimum absolute atomic E-state index is 0.0958. The highest BCUT2D eigenvalue weighted by atomic mass is 19.1. The monoisotopic (exact) mass is 192 g/mol. The standard InChI is InChI=1S/C12H15FN/c1-8(2)10-6-9-4-3-5-14-12(9)7-11(10)13/h4,6-8,14H,3,5H2,1-2H3. The van der Waals surface area contributed by atoms with Gasteiger partial charge in [-0.2, -0.15) is 0 Å². The SMILES string of the molecule is CC(C)c1cc2c(cc1F)NCC[CH]2. The average Bonchev–Trinajstić information content (AvgIpc) is 2.16. The van der Waals surface area contributed by atoms with E-state index < -0.39 is 0 Å². The summed E-state index contributed by atoms with van der Waals surface area (Å²) in [6, 6.07) is 3.57. The molecule has 0 saturated carbocycles. The van der Waals surface area contributed by atoms with Crippen molar-refractivity contribution in [3.8, 4) is 0 Å². The third kappa shape index (κ3) is 1.61. The van der Waals surface area contributed by atoms with Gasteiger partial charge in [-0.1, -0.05) is 19.9 Å². The van der Waals surface area contributed by atoms with E-state index in [2.05, 4.69) is 11.7 Å². The highest BCUT2D eigenvalue weighted by Crippen LogP contribution is 2.29. The number of fused-ring (bicyclic) bond motifs is 1. The minimum Gasteiger partial charge on any atom is -0.385 e. The van der Waals surface area contributed by atoms with Crippen LogP contribution in [0.25, 0.3) is 0 Å². The molecule has 1 nitrogen and oxygen atoms in total. The molecule has 1 aliphatic heterocycles. The van der Waals surface area contributed by atoms with E-state index in [1.54, 1.807) is 6.07 Å². The molecule has 75 valence electrons. The van der Waals surface area contributed by atoms with Gasteiger partial charge in [-0.05, 0) is 36.0 Å². The summed E-state index contributed by atoms with van der Waals surface area (Å²) in [5.74, 6) is 0.150. The summed E-state index contributed by atoms with van der Waals surface area (Å²) in [5, 5.41) is 3.20. The van der Waals surface area contributed by atoms with Crippen molar-refractivity contribution in [3.05, 3.63) is 35.5 Å². The molecule has 0 amide bonds. The first kappa shape index (κ1) is 9.50. The maximum atomic E-state index is 13.6. The summed E-state index contributed by atoms with van der Waals surface area (Å²) in [6.45, 7) is 4.94. The highest BCUT2D eigenvalue weighted by Gasteiger charge is 2.14. The van der Waals surface area contributed by atoms with E-state index in [9.17, 15) is 4.39 Å². The lowest BCUT2D eigenvalue weighted by atomic mass is 9.95. The number of hydrogen-bond acceptors (Lipinski definition) is 1. The Labute approximate surface area is 84.3 Å². The lowest BCUT2D eigenvalue weighted by Gasteiger charge is -2.20. The van der Waals surface area contributed by atoms with Crippen LogP contribution in [0.1, 0.15) is 37.3 Å². The van der Waals surface area contributed by atoms with Crippen molar-refractivity contribution >= 4 is 5.69 Å². The Bertz CT molecular complexity index is 344. The number of nitrogens with one attached hydrogen (secondary N) is 1. The first-order valence-electron chi connectivity index (χ1n) is 5.09. The molecule has 1 aromatic carbocycles. The minimum atomic E-state index is -0.0958. The maximum Gasteiger partial charge on any atom is 0.128 e. The van der Waals surface area contributed by atoms with Crippen LogP contribution in [0.5, 0.6) is 0 Å². The first-order chi connectivity index (χ1) is 6.68. The largest absolute Gasteiger partial charge is 0.385 e. The Balaban J connectivity index is 2.45. The van der Waals surface area contributed by atoms with Gasteiger partial charge >= 0.3 is 0 Å². The van der Waals surface area contributed by atoms with Crippen molar-refractivity contribution in [2.24, 2.45) is 0 Å². The van der Waals surface area contributed by atoms with Crippen LogP contribution in [0, 0.1) is 12.2 Å². The van der Waals surface area contributed by atoms with Crippen molar-refractivity contribution < 1.29 is 4.39 Å². The molecule has 0 unspecified atom stereocenters. The van der Waals surface area contributed by atoms with E-state index >= 15 is 0 Å². The van der Waals surface area contributed by atoms with Crippen LogP contribution in [0.4, 0.5) is 10.1 Å². The Hall–Kier alpha value is -1.05. The topological polar surface area (TPSA) is 12.0 Å². The third-order valence-electron chi connectivity index (χ3n) is 2.61. The summed E-state index contributed by atoms with van der Waals surface area (Å²) in [4.78, 5) is 0. The van der Waals surface area contributed by atoms with E-state index in [4.69, 9.17) is 0 Å². The molecule has 0 fully saturated rings. The smallest absolute Gasteiger partial charge is 0.128 e. The van der Waals surface area contributed by atoms with Crippen LogP contribution >= 0.6 is 0 Å². The van der Waals surface area contributed by atoms with Crippen molar-refractivity contribution in [1.82, 2.24) is 0 Å². The highest BCUT2D eigenvalue weighted by molar-refractivity contribution is 5.58. The summed E-state index contributed by atoms with van der Waals surface area (Å²) in [7, 11) is 0. The molecule has 1 aromatic rings. The summed E-state index contributed by atoms with van der Waals surface area (Å²) < 4.78 is 13.6. The molecule has 1 radical (unpaired) electrons. The van der Waals surface area contributed by atoms with Gasteiger partial charge < -0.3 is 5.32 Å².